The summed E-state index contributed by atoms with van der Waals surface area (Å²) in [6.45, 7) is 5.09. The first kappa shape index (κ1) is 17.0. The fourth-order valence-electron chi connectivity index (χ4n) is 3.06. The first-order valence-corrected chi connectivity index (χ1v) is 8.80. The molecule has 6 heteroatoms. The summed E-state index contributed by atoms with van der Waals surface area (Å²) in [4.78, 5) is 14.2. The second-order valence-electron chi connectivity index (χ2n) is 6.26. The highest BCUT2D eigenvalue weighted by molar-refractivity contribution is 5.84. The van der Waals surface area contributed by atoms with E-state index in [9.17, 15) is 4.79 Å². The summed E-state index contributed by atoms with van der Waals surface area (Å²) in [6.07, 6.45) is 3.95. The quantitative estimate of drug-likeness (QED) is 0.867. The Bertz CT molecular complexity index is 508. The van der Waals surface area contributed by atoms with E-state index in [0.29, 0.717) is 6.61 Å². The number of nitrogens with zero attached hydrogens (tertiary/aromatic N) is 1. The largest absolute Gasteiger partial charge is 0.492 e. The van der Waals surface area contributed by atoms with Gasteiger partial charge in [-0.1, -0.05) is 0 Å². The van der Waals surface area contributed by atoms with Crippen molar-refractivity contribution in [2.75, 3.05) is 44.8 Å². The van der Waals surface area contributed by atoms with Crippen LogP contribution in [0.4, 0.5) is 10.5 Å². The molecular formula is C18H26N2O4. The number of amides is 1. The molecule has 2 aliphatic rings. The molecule has 0 aromatic heterocycles. The molecule has 1 aromatic rings. The van der Waals surface area contributed by atoms with Gasteiger partial charge in [0.25, 0.3) is 0 Å². The van der Waals surface area contributed by atoms with Gasteiger partial charge in [0, 0.05) is 25.3 Å². The Kier molecular flexibility index (Phi) is 6.32. The average molecular weight is 334 g/mol. The Labute approximate surface area is 143 Å². The predicted octanol–water partition coefficient (Wildman–Crippen LogP) is 2.89. The van der Waals surface area contributed by atoms with Crippen molar-refractivity contribution in [3.05, 3.63) is 24.3 Å². The van der Waals surface area contributed by atoms with Gasteiger partial charge in [-0.3, -0.25) is 10.2 Å². The summed E-state index contributed by atoms with van der Waals surface area (Å²) in [6, 6.07) is 7.40. The van der Waals surface area contributed by atoms with Crippen molar-refractivity contribution in [1.82, 2.24) is 4.90 Å². The van der Waals surface area contributed by atoms with Crippen LogP contribution in [-0.2, 0) is 9.47 Å². The molecule has 0 unspecified atom stereocenters. The van der Waals surface area contributed by atoms with Crippen molar-refractivity contribution in [2.24, 2.45) is 0 Å². The zero-order valence-electron chi connectivity index (χ0n) is 14.0. The molecule has 1 aromatic carbocycles. The van der Waals surface area contributed by atoms with Crippen LogP contribution in [0.3, 0.4) is 0 Å². The smallest absolute Gasteiger partial charge is 0.411 e. The van der Waals surface area contributed by atoms with Crippen LogP contribution in [0.15, 0.2) is 24.3 Å². The van der Waals surface area contributed by atoms with Gasteiger partial charge in [0.15, 0.2) is 0 Å². The van der Waals surface area contributed by atoms with Crippen LogP contribution in [0.25, 0.3) is 0 Å². The number of ether oxygens (including phenoxy) is 3. The lowest BCUT2D eigenvalue weighted by atomic mass is 10.3. The van der Waals surface area contributed by atoms with Crippen LogP contribution in [0.5, 0.6) is 5.75 Å². The second kappa shape index (κ2) is 8.89. The molecular weight excluding hydrogens is 308 g/mol. The zero-order valence-corrected chi connectivity index (χ0v) is 14.0. The van der Waals surface area contributed by atoms with E-state index in [1.807, 2.05) is 24.3 Å². The van der Waals surface area contributed by atoms with Gasteiger partial charge in [-0.05, 0) is 49.9 Å². The van der Waals surface area contributed by atoms with Gasteiger partial charge in [-0.2, -0.15) is 0 Å². The summed E-state index contributed by atoms with van der Waals surface area (Å²) < 4.78 is 16.5. The van der Waals surface area contributed by atoms with Crippen LogP contribution >= 0.6 is 0 Å². The van der Waals surface area contributed by atoms with Crippen molar-refractivity contribution >= 4 is 11.8 Å². The first-order chi connectivity index (χ1) is 11.8. The molecule has 132 valence electrons. The van der Waals surface area contributed by atoms with E-state index in [0.717, 1.165) is 70.0 Å². The first-order valence-electron chi connectivity index (χ1n) is 8.80. The zero-order chi connectivity index (χ0) is 16.6. The SMILES string of the molecule is O=C(Nc1ccc(OCCN2CCOCC2)cc1)OC1CCCC1. The molecule has 1 saturated carbocycles. The van der Waals surface area contributed by atoms with Crippen molar-refractivity contribution in [3.63, 3.8) is 0 Å². The molecule has 2 fully saturated rings. The molecule has 24 heavy (non-hydrogen) atoms. The van der Waals surface area contributed by atoms with E-state index in [1.54, 1.807) is 0 Å². The maximum Gasteiger partial charge on any atom is 0.411 e. The second-order valence-corrected chi connectivity index (χ2v) is 6.26. The number of rotatable bonds is 6. The fraction of sp³-hybridized carbons (Fsp3) is 0.611. The lowest BCUT2D eigenvalue weighted by Gasteiger charge is -2.26. The molecule has 1 saturated heterocycles. The standard InChI is InChI=1S/C18H26N2O4/c21-18(24-17-3-1-2-4-17)19-15-5-7-16(8-6-15)23-14-11-20-9-12-22-13-10-20/h5-8,17H,1-4,9-14H2,(H,19,21). The highest BCUT2D eigenvalue weighted by atomic mass is 16.6. The lowest BCUT2D eigenvalue weighted by molar-refractivity contribution is 0.0322. The van der Waals surface area contributed by atoms with Gasteiger partial charge < -0.3 is 14.2 Å². The van der Waals surface area contributed by atoms with Crippen LogP contribution in [0.1, 0.15) is 25.7 Å². The molecule has 0 atom stereocenters. The van der Waals surface area contributed by atoms with Gasteiger partial charge in [0.05, 0.1) is 13.2 Å². The molecule has 1 aliphatic carbocycles. The minimum Gasteiger partial charge on any atom is -0.492 e. The Morgan fingerprint density at radius 3 is 2.58 bits per heavy atom. The highest BCUT2D eigenvalue weighted by Crippen LogP contribution is 2.22. The van der Waals surface area contributed by atoms with E-state index in [1.165, 1.54) is 0 Å². The van der Waals surface area contributed by atoms with Crippen LogP contribution < -0.4 is 10.1 Å². The maximum absolute atomic E-state index is 11.8. The number of anilines is 1. The van der Waals surface area contributed by atoms with Crippen LogP contribution in [0.2, 0.25) is 0 Å². The third-order valence-corrected chi connectivity index (χ3v) is 4.46. The molecule has 1 aliphatic heterocycles. The Balaban J connectivity index is 1.37. The number of benzene rings is 1. The Morgan fingerprint density at radius 1 is 1.17 bits per heavy atom. The van der Waals surface area contributed by atoms with Gasteiger partial charge in [-0.25, -0.2) is 4.79 Å². The summed E-state index contributed by atoms with van der Waals surface area (Å²) in [5.74, 6) is 0.804. The average Bonchev–Trinajstić information content (AvgIpc) is 3.10. The fourth-order valence-corrected chi connectivity index (χ4v) is 3.06. The summed E-state index contributed by atoms with van der Waals surface area (Å²) >= 11 is 0. The van der Waals surface area contributed by atoms with E-state index >= 15 is 0 Å². The predicted molar refractivity (Wildman–Crippen MR) is 91.6 cm³/mol. The Hall–Kier alpha value is -1.79. The van der Waals surface area contributed by atoms with Gasteiger partial charge in [-0.15, -0.1) is 0 Å². The van der Waals surface area contributed by atoms with Crippen molar-refractivity contribution in [2.45, 2.75) is 31.8 Å². The third kappa shape index (κ3) is 5.39. The molecule has 6 nitrogen and oxygen atoms in total. The molecule has 0 spiro atoms. The molecule has 3 rings (SSSR count). The number of hydrogen-bond donors (Lipinski definition) is 1. The normalized spacial score (nSPS) is 19.2. The van der Waals surface area contributed by atoms with Crippen LogP contribution in [-0.4, -0.2) is 56.6 Å². The van der Waals surface area contributed by atoms with Crippen molar-refractivity contribution in [3.8, 4) is 5.75 Å². The molecule has 1 amide bonds. The number of nitrogens with one attached hydrogen (secondary N) is 1. The van der Waals surface area contributed by atoms with Gasteiger partial charge >= 0.3 is 6.09 Å². The monoisotopic (exact) mass is 334 g/mol. The summed E-state index contributed by atoms with van der Waals surface area (Å²) in [5, 5.41) is 2.76. The van der Waals surface area contributed by atoms with E-state index in [2.05, 4.69) is 10.2 Å². The van der Waals surface area contributed by atoms with Gasteiger partial charge in [0.2, 0.25) is 0 Å². The highest BCUT2D eigenvalue weighted by Gasteiger charge is 2.19. The number of carbonyl (C=O) groups excluding carboxylic acids is 1. The van der Waals surface area contributed by atoms with E-state index in [4.69, 9.17) is 14.2 Å². The van der Waals surface area contributed by atoms with Crippen molar-refractivity contribution in [1.29, 1.82) is 0 Å². The van der Waals surface area contributed by atoms with E-state index in [-0.39, 0.29) is 12.2 Å². The summed E-state index contributed by atoms with van der Waals surface area (Å²) in [7, 11) is 0. The summed E-state index contributed by atoms with van der Waals surface area (Å²) in [5.41, 5.74) is 0.721. The number of morpholine rings is 1. The minimum absolute atomic E-state index is 0.0767. The third-order valence-electron chi connectivity index (χ3n) is 4.46. The number of hydrogen-bond acceptors (Lipinski definition) is 5. The Morgan fingerprint density at radius 2 is 1.88 bits per heavy atom. The molecule has 1 N–H and O–H groups in total. The number of carbonyl (C=O) groups is 1. The van der Waals surface area contributed by atoms with Gasteiger partial charge in [0.1, 0.15) is 18.5 Å². The topological polar surface area (TPSA) is 60.0 Å². The lowest BCUT2D eigenvalue weighted by Crippen LogP contribution is -2.38. The minimum atomic E-state index is -0.372. The molecule has 0 radical (unpaired) electrons. The maximum atomic E-state index is 11.8. The van der Waals surface area contributed by atoms with E-state index < -0.39 is 0 Å². The molecule has 1 heterocycles. The molecule has 0 bridgehead atoms. The van der Waals surface area contributed by atoms with Crippen LogP contribution in [0, 0.1) is 0 Å². The van der Waals surface area contributed by atoms with Crippen molar-refractivity contribution < 1.29 is 19.0 Å².